The van der Waals surface area contributed by atoms with E-state index >= 15 is 0 Å². The van der Waals surface area contributed by atoms with Crippen LogP contribution in [0.25, 0.3) is 0 Å². The topological polar surface area (TPSA) is 49.7 Å². The molecule has 0 aliphatic heterocycles. The molecule has 4 saturated carbocycles. The van der Waals surface area contributed by atoms with Crippen LogP contribution in [0.15, 0.2) is 0 Å². The summed E-state index contributed by atoms with van der Waals surface area (Å²) in [6.45, 7) is 23.6. The highest BCUT2D eigenvalue weighted by Gasteiger charge is 2.64. The molecule has 0 aromatic carbocycles. The van der Waals surface area contributed by atoms with E-state index in [9.17, 15) is 10.2 Å². The number of aliphatic hydroxyl groups excluding tert-OH is 1. The zero-order chi connectivity index (χ0) is 27.6. The van der Waals surface area contributed by atoms with Crippen molar-refractivity contribution in [3.63, 3.8) is 0 Å². The number of rotatable bonds is 7. The van der Waals surface area contributed by atoms with Crippen molar-refractivity contribution in [2.75, 3.05) is 0 Å². The Bertz CT molecular complexity index is 800. The van der Waals surface area contributed by atoms with Gasteiger partial charge in [0.25, 0.3) is 0 Å². The molecule has 4 aliphatic carbocycles. The van der Waals surface area contributed by atoms with Gasteiger partial charge in [-0.3, -0.25) is 0 Å². The van der Waals surface area contributed by atoms with Gasteiger partial charge in [0.15, 0.2) is 8.32 Å². The maximum absolute atomic E-state index is 11.7. The van der Waals surface area contributed by atoms with Crippen LogP contribution in [-0.4, -0.2) is 36.3 Å². The molecule has 10 atom stereocenters. The zero-order valence-corrected chi connectivity index (χ0v) is 27.2. The Morgan fingerprint density at radius 2 is 1.51 bits per heavy atom. The maximum Gasteiger partial charge on any atom is 0.192 e. The van der Waals surface area contributed by atoms with Gasteiger partial charge in [-0.25, -0.2) is 0 Å². The highest BCUT2D eigenvalue weighted by atomic mass is 28.4. The quantitative estimate of drug-likeness (QED) is 0.322. The van der Waals surface area contributed by atoms with E-state index in [1.54, 1.807) is 0 Å². The first kappa shape index (κ1) is 30.1. The monoisotopic (exact) mass is 534 g/mol. The first-order valence-corrected chi connectivity index (χ1v) is 18.9. The normalized spacial score (nSPS) is 44.2. The zero-order valence-electron chi connectivity index (χ0n) is 26.2. The molecule has 216 valence electrons. The molecule has 0 spiro atoms. The fraction of sp³-hybridized carbons (Fsp3) is 1.00. The molecule has 0 aromatic heterocycles. The number of hydrogen-bond donors (Lipinski definition) is 2. The Balaban J connectivity index is 1.48. The Hall–Kier alpha value is 0.0969. The van der Waals surface area contributed by atoms with E-state index in [1.807, 2.05) is 0 Å². The molecule has 4 fully saturated rings. The summed E-state index contributed by atoms with van der Waals surface area (Å²) >= 11 is 0. The molecule has 0 bridgehead atoms. The molecular weight excluding hydrogens is 472 g/mol. The molecule has 2 N–H and O–H groups in total. The summed E-state index contributed by atoms with van der Waals surface area (Å²) in [4.78, 5) is 0. The number of hydrogen-bond acceptors (Lipinski definition) is 3. The second-order valence-corrected chi connectivity index (χ2v) is 21.6. The minimum absolute atomic E-state index is 0.204. The van der Waals surface area contributed by atoms with E-state index in [-0.39, 0.29) is 22.0 Å². The van der Waals surface area contributed by atoms with Gasteiger partial charge < -0.3 is 14.6 Å². The maximum atomic E-state index is 11.7. The molecule has 0 saturated heterocycles. The standard InChI is InChI=1S/C33H62O3Si/c1-22(2)12-11-17-33(8,35)29-14-13-25-24-21-28(34)27-20-23(36-37(9,10)30(3,4)5)15-18-31(27,6)26(24)16-19-32(25,29)7/h22-29,34-35H,11-21H2,1-10H3/t23-,24-,25-,26-,27+,28-,29-,31+,32-,33?/m0/s1. The van der Waals surface area contributed by atoms with Gasteiger partial charge in [0.1, 0.15) is 0 Å². The van der Waals surface area contributed by atoms with Gasteiger partial charge in [0.05, 0.1) is 11.7 Å². The molecule has 3 nitrogen and oxygen atoms in total. The van der Waals surface area contributed by atoms with Crippen LogP contribution in [0.5, 0.6) is 0 Å². The van der Waals surface area contributed by atoms with Crippen LogP contribution in [0.4, 0.5) is 0 Å². The largest absolute Gasteiger partial charge is 0.414 e. The lowest BCUT2D eigenvalue weighted by atomic mass is 9.43. The average molecular weight is 535 g/mol. The van der Waals surface area contributed by atoms with Crippen molar-refractivity contribution in [1.29, 1.82) is 0 Å². The summed E-state index contributed by atoms with van der Waals surface area (Å²) in [6.07, 6.45) is 12.7. The van der Waals surface area contributed by atoms with Crippen molar-refractivity contribution >= 4 is 8.32 Å². The first-order chi connectivity index (χ1) is 16.9. The van der Waals surface area contributed by atoms with E-state index in [0.717, 1.165) is 44.4 Å². The summed E-state index contributed by atoms with van der Waals surface area (Å²) in [5.74, 6) is 3.47. The van der Waals surface area contributed by atoms with E-state index < -0.39 is 13.9 Å². The first-order valence-electron chi connectivity index (χ1n) is 16.0. The van der Waals surface area contributed by atoms with E-state index in [2.05, 4.69) is 68.5 Å². The fourth-order valence-corrected chi connectivity index (χ4v) is 11.4. The fourth-order valence-electron chi connectivity index (χ4n) is 10.0. The molecule has 4 heteroatoms. The van der Waals surface area contributed by atoms with E-state index in [4.69, 9.17) is 4.43 Å². The summed E-state index contributed by atoms with van der Waals surface area (Å²) in [7, 11) is -1.80. The minimum Gasteiger partial charge on any atom is -0.414 e. The predicted molar refractivity (Wildman–Crippen MR) is 158 cm³/mol. The van der Waals surface area contributed by atoms with Gasteiger partial charge in [0, 0.05) is 6.10 Å². The number of aliphatic hydroxyl groups is 2. The molecule has 4 aliphatic rings. The van der Waals surface area contributed by atoms with Crippen LogP contribution >= 0.6 is 0 Å². The Kier molecular flexibility index (Phi) is 8.27. The van der Waals surface area contributed by atoms with E-state index in [1.165, 1.54) is 32.1 Å². The average Bonchev–Trinajstić information content (AvgIpc) is 3.12. The van der Waals surface area contributed by atoms with Crippen molar-refractivity contribution in [3.05, 3.63) is 0 Å². The lowest BCUT2D eigenvalue weighted by molar-refractivity contribution is -0.178. The van der Waals surface area contributed by atoms with E-state index in [0.29, 0.717) is 35.7 Å². The van der Waals surface area contributed by atoms with Crippen LogP contribution < -0.4 is 0 Å². The summed E-state index contributed by atoms with van der Waals surface area (Å²) < 4.78 is 6.91. The van der Waals surface area contributed by atoms with Crippen LogP contribution in [0.1, 0.15) is 126 Å². The summed E-state index contributed by atoms with van der Waals surface area (Å²) in [5, 5.41) is 23.7. The van der Waals surface area contributed by atoms with Gasteiger partial charge in [-0.05, 0) is 129 Å². The van der Waals surface area contributed by atoms with Crippen molar-refractivity contribution < 1.29 is 14.6 Å². The lowest BCUT2D eigenvalue weighted by Gasteiger charge is -2.63. The summed E-state index contributed by atoms with van der Waals surface area (Å²) in [6, 6.07) is 0. The van der Waals surface area contributed by atoms with Gasteiger partial charge in [-0.1, -0.05) is 61.3 Å². The molecule has 4 rings (SSSR count). The van der Waals surface area contributed by atoms with Crippen LogP contribution in [0, 0.1) is 46.3 Å². The molecule has 0 heterocycles. The Labute approximate surface area is 231 Å². The number of fused-ring (bicyclic) bond motifs is 5. The summed E-state index contributed by atoms with van der Waals surface area (Å²) in [5.41, 5.74) is -0.118. The van der Waals surface area contributed by atoms with Crippen molar-refractivity contribution in [1.82, 2.24) is 0 Å². The molecule has 0 amide bonds. The minimum atomic E-state index is -1.80. The van der Waals surface area contributed by atoms with Gasteiger partial charge in [-0.15, -0.1) is 0 Å². The SMILES string of the molecule is CC(C)CCCC(C)(O)[C@H]1CC[C@H]2[C@@H]3C[C@H](O)[C@H]4C[C@@H](O[Si](C)(C)C(C)(C)C)CC[C@]4(C)[C@H]3CC[C@]12C. The highest BCUT2D eigenvalue weighted by molar-refractivity contribution is 6.74. The second-order valence-electron chi connectivity index (χ2n) is 16.9. The van der Waals surface area contributed by atoms with Gasteiger partial charge in [0.2, 0.25) is 0 Å². The molecular formula is C33H62O3Si. The van der Waals surface area contributed by atoms with Crippen molar-refractivity contribution in [2.45, 2.75) is 162 Å². The Morgan fingerprint density at radius 3 is 2.14 bits per heavy atom. The second kappa shape index (κ2) is 10.2. The Morgan fingerprint density at radius 1 is 0.892 bits per heavy atom. The molecule has 37 heavy (non-hydrogen) atoms. The van der Waals surface area contributed by atoms with Crippen LogP contribution in [0.3, 0.4) is 0 Å². The van der Waals surface area contributed by atoms with Crippen molar-refractivity contribution in [3.8, 4) is 0 Å². The predicted octanol–water partition coefficient (Wildman–Crippen LogP) is 8.58. The smallest absolute Gasteiger partial charge is 0.192 e. The van der Waals surface area contributed by atoms with Crippen LogP contribution in [0.2, 0.25) is 18.1 Å². The highest BCUT2D eigenvalue weighted by Crippen LogP contribution is 2.69. The third-order valence-corrected chi connectivity index (χ3v) is 17.6. The third-order valence-electron chi connectivity index (χ3n) is 13.1. The van der Waals surface area contributed by atoms with Crippen LogP contribution in [-0.2, 0) is 4.43 Å². The molecule has 0 aromatic rings. The van der Waals surface area contributed by atoms with Gasteiger partial charge >= 0.3 is 0 Å². The lowest BCUT2D eigenvalue weighted by Crippen LogP contribution is -2.59. The van der Waals surface area contributed by atoms with Crippen molar-refractivity contribution in [2.24, 2.45) is 46.3 Å². The van der Waals surface area contributed by atoms with Gasteiger partial charge in [-0.2, -0.15) is 0 Å². The third kappa shape index (κ3) is 5.41. The molecule has 1 unspecified atom stereocenters. The molecule has 0 radical (unpaired) electrons.